The molecule has 0 aromatic heterocycles. The number of halogens is 2. The Labute approximate surface area is 98.1 Å². The van der Waals surface area contributed by atoms with Gasteiger partial charge in [-0.05, 0) is 18.2 Å². The second kappa shape index (κ2) is 6.34. The van der Waals surface area contributed by atoms with Gasteiger partial charge in [0.05, 0.1) is 10.9 Å². The summed E-state index contributed by atoms with van der Waals surface area (Å²) >= 11 is 11.2. The fraction of sp³-hybridized carbons (Fsp3) is 0.182. The predicted octanol–water partition coefficient (Wildman–Crippen LogP) is 2.77. The molecule has 0 spiro atoms. The normalized spacial score (nSPS) is 8.93. The van der Waals surface area contributed by atoms with Crippen LogP contribution in [-0.2, 0) is 0 Å². The summed E-state index contributed by atoms with van der Waals surface area (Å²) in [6.07, 6.45) is 0.725. The van der Waals surface area contributed by atoms with Gasteiger partial charge in [0.2, 0.25) is 0 Å². The monoisotopic (exact) mass is 242 g/mol. The molecule has 0 unspecified atom stereocenters. The van der Waals surface area contributed by atoms with Crippen LogP contribution in [0, 0.1) is 11.8 Å². The maximum Gasteiger partial charge on any atom is 0.150 e. The van der Waals surface area contributed by atoms with Crippen molar-refractivity contribution < 1.29 is 9.53 Å². The van der Waals surface area contributed by atoms with E-state index in [1.807, 2.05) is 0 Å². The molecule has 1 aromatic rings. The summed E-state index contributed by atoms with van der Waals surface area (Å²) in [5, 5.41) is 0.396. The van der Waals surface area contributed by atoms with Gasteiger partial charge < -0.3 is 4.74 Å². The largest absolute Gasteiger partial charge is 0.479 e. The van der Waals surface area contributed by atoms with E-state index in [1.165, 1.54) is 0 Å². The van der Waals surface area contributed by atoms with Crippen molar-refractivity contribution >= 4 is 29.5 Å². The lowest BCUT2D eigenvalue weighted by Gasteiger charge is -2.04. The topological polar surface area (TPSA) is 26.3 Å². The van der Waals surface area contributed by atoms with Crippen LogP contribution in [0.4, 0.5) is 0 Å². The summed E-state index contributed by atoms with van der Waals surface area (Å²) in [5.74, 6) is 6.14. The van der Waals surface area contributed by atoms with Crippen molar-refractivity contribution in [1.29, 1.82) is 0 Å². The van der Waals surface area contributed by atoms with Gasteiger partial charge in [-0.25, -0.2) is 0 Å². The molecule has 1 aromatic carbocycles. The number of aldehydes is 1. The number of carbonyl (C=O) groups excluding carboxylic acids is 1. The highest BCUT2D eigenvalue weighted by atomic mass is 35.5. The average Bonchev–Trinajstić information content (AvgIpc) is 2.26. The SMILES string of the molecule is O=Cc1ccc(OCC#CCCl)c(Cl)c1. The summed E-state index contributed by atoms with van der Waals surface area (Å²) < 4.78 is 5.26. The number of hydrogen-bond acceptors (Lipinski definition) is 2. The molecular weight excluding hydrogens is 235 g/mol. The van der Waals surface area contributed by atoms with E-state index in [2.05, 4.69) is 11.8 Å². The second-order valence-electron chi connectivity index (χ2n) is 2.58. The van der Waals surface area contributed by atoms with Crippen LogP contribution >= 0.6 is 23.2 Å². The molecule has 0 saturated heterocycles. The van der Waals surface area contributed by atoms with Crippen molar-refractivity contribution in [2.45, 2.75) is 0 Å². The third kappa shape index (κ3) is 3.83. The first-order valence-corrected chi connectivity index (χ1v) is 5.08. The first-order valence-electron chi connectivity index (χ1n) is 4.17. The van der Waals surface area contributed by atoms with E-state index in [-0.39, 0.29) is 12.5 Å². The predicted molar refractivity (Wildman–Crippen MR) is 60.8 cm³/mol. The van der Waals surface area contributed by atoms with Crippen molar-refractivity contribution in [2.24, 2.45) is 0 Å². The van der Waals surface area contributed by atoms with E-state index in [0.717, 1.165) is 6.29 Å². The van der Waals surface area contributed by atoms with Gasteiger partial charge in [-0.2, -0.15) is 0 Å². The van der Waals surface area contributed by atoms with Crippen molar-refractivity contribution in [3.8, 4) is 17.6 Å². The van der Waals surface area contributed by atoms with Crippen LogP contribution in [0.15, 0.2) is 18.2 Å². The number of benzene rings is 1. The van der Waals surface area contributed by atoms with E-state index in [4.69, 9.17) is 27.9 Å². The molecule has 2 nitrogen and oxygen atoms in total. The Kier molecular flexibility index (Phi) is 5.03. The number of rotatable bonds is 3. The minimum Gasteiger partial charge on any atom is -0.479 e. The Hall–Kier alpha value is -1.17. The summed E-state index contributed by atoms with van der Waals surface area (Å²) in [5.41, 5.74) is 0.513. The molecule has 0 aliphatic carbocycles. The Morgan fingerprint density at radius 2 is 2.20 bits per heavy atom. The van der Waals surface area contributed by atoms with Gasteiger partial charge in [0.1, 0.15) is 18.6 Å². The van der Waals surface area contributed by atoms with Crippen LogP contribution in [0.3, 0.4) is 0 Å². The van der Waals surface area contributed by atoms with Gasteiger partial charge in [-0.15, -0.1) is 11.6 Å². The smallest absolute Gasteiger partial charge is 0.150 e. The molecule has 0 radical (unpaired) electrons. The van der Waals surface area contributed by atoms with Crippen LogP contribution in [0.25, 0.3) is 0 Å². The van der Waals surface area contributed by atoms with Crippen LogP contribution in [0.2, 0.25) is 5.02 Å². The first-order chi connectivity index (χ1) is 7.27. The lowest BCUT2D eigenvalue weighted by molar-refractivity contribution is 0.112. The van der Waals surface area contributed by atoms with Gasteiger partial charge in [0.25, 0.3) is 0 Å². The van der Waals surface area contributed by atoms with Crippen molar-refractivity contribution in [3.63, 3.8) is 0 Å². The highest BCUT2D eigenvalue weighted by Gasteiger charge is 2.01. The fourth-order valence-corrected chi connectivity index (χ4v) is 1.26. The maximum atomic E-state index is 10.4. The summed E-state index contributed by atoms with van der Waals surface area (Å²) in [6.45, 7) is 0.229. The molecule has 0 saturated carbocycles. The van der Waals surface area contributed by atoms with Crippen LogP contribution in [0.1, 0.15) is 10.4 Å². The zero-order chi connectivity index (χ0) is 11.1. The van der Waals surface area contributed by atoms with Crippen molar-refractivity contribution in [1.82, 2.24) is 0 Å². The van der Waals surface area contributed by atoms with Crippen LogP contribution in [0.5, 0.6) is 5.75 Å². The number of hydrogen-bond donors (Lipinski definition) is 0. The fourth-order valence-electron chi connectivity index (χ4n) is 0.920. The van der Waals surface area contributed by atoms with E-state index < -0.39 is 0 Å². The highest BCUT2D eigenvalue weighted by Crippen LogP contribution is 2.24. The molecule has 78 valence electrons. The first kappa shape index (κ1) is 11.9. The maximum absolute atomic E-state index is 10.4. The van der Waals surface area contributed by atoms with Crippen molar-refractivity contribution in [3.05, 3.63) is 28.8 Å². The van der Waals surface area contributed by atoms with Gasteiger partial charge in [-0.3, -0.25) is 4.79 Å². The lowest BCUT2D eigenvalue weighted by atomic mass is 10.2. The third-order valence-corrected chi connectivity index (χ3v) is 2.01. The Balaban J connectivity index is 2.66. The van der Waals surface area contributed by atoms with Gasteiger partial charge >= 0.3 is 0 Å². The Morgan fingerprint density at radius 3 is 2.80 bits per heavy atom. The summed E-state index contributed by atoms with van der Waals surface area (Å²) in [4.78, 5) is 10.4. The highest BCUT2D eigenvalue weighted by molar-refractivity contribution is 6.32. The molecular formula is C11H8Cl2O2. The van der Waals surface area contributed by atoms with Crippen LogP contribution < -0.4 is 4.74 Å². The molecule has 15 heavy (non-hydrogen) atoms. The minimum absolute atomic E-state index is 0.229. The molecule has 0 bridgehead atoms. The van der Waals surface area contributed by atoms with Crippen molar-refractivity contribution in [2.75, 3.05) is 12.5 Å². The lowest BCUT2D eigenvalue weighted by Crippen LogP contribution is -1.95. The molecule has 4 heteroatoms. The number of carbonyl (C=O) groups is 1. The standard InChI is InChI=1S/C11H8Cl2O2/c12-5-1-2-6-15-11-4-3-9(8-14)7-10(11)13/h3-4,7-8H,5-6H2. The van der Waals surface area contributed by atoms with Gasteiger partial charge in [0, 0.05) is 5.56 Å². The molecule has 0 atom stereocenters. The quantitative estimate of drug-likeness (QED) is 0.463. The molecule has 0 amide bonds. The number of ether oxygens (including phenoxy) is 1. The summed E-state index contributed by atoms with van der Waals surface area (Å²) in [7, 11) is 0. The van der Waals surface area contributed by atoms with E-state index >= 15 is 0 Å². The Morgan fingerprint density at radius 1 is 1.40 bits per heavy atom. The zero-order valence-electron chi connectivity index (χ0n) is 7.80. The molecule has 1 rings (SSSR count). The zero-order valence-corrected chi connectivity index (χ0v) is 9.31. The van der Waals surface area contributed by atoms with E-state index in [9.17, 15) is 4.79 Å². The third-order valence-electron chi connectivity index (χ3n) is 1.58. The Bertz CT molecular complexity index is 405. The van der Waals surface area contributed by atoms with E-state index in [1.54, 1.807) is 18.2 Å². The van der Waals surface area contributed by atoms with Gasteiger partial charge in [-0.1, -0.05) is 23.4 Å². The average molecular weight is 243 g/mol. The van der Waals surface area contributed by atoms with E-state index in [0.29, 0.717) is 16.3 Å². The minimum atomic E-state index is 0.229. The molecule has 0 fully saturated rings. The van der Waals surface area contributed by atoms with Crippen LogP contribution in [-0.4, -0.2) is 18.8 Å². The second-order valence-corrected chi connectivity index (χ2v) is 3.26. The molecule has 0 heterocycles. The molecule has 0 N–H and O–H groups in total. The molecule has 0 aliphatic rings. The van der Waals surface area contributed by atoms with Gasteiger partial charge in [0.15, 0.2) is 0 Å². The summed E-state index contributed by atoms with van der Waals surface area (Å²) in [6, 6.07) is 4.80. The number of alkyl halides is 1. The molecule has 0 aliphatic heterocycles.